The average Bonchev–Trinajstić information content (AvgIpc) is 2.69. The summed E-state index contributed by atoms with van der Waals surface area (Å²) >= 11 is 0. The molecule has 0 saturated heterocycles. The Hall–Kier alpha value is -1.85. The fraction of sp³-hybridized carbons (Fsp3) is 0.667. The second-order valence-electron chi connectivity index (χ2n) is 6.49. The molecule has 6 heteroatoms. The lowest BCUT2D eigenvalue weighted by molar-refractivity contribution is -0.133. The third-order valence-corrected chi connectivity index (χ3v) is 4.25. The molecule has 21 heavy (non-hydrogen) atoms. The summed E-state index contributed by atoms with van der Waals surface area (Å²) in [6, 6.07) is -0.436. The van der Waals surface area contributed by atoms with Crippen LogP contribution in [0.25, 0.3) is 0 Å². The zero-order valence-corrected chi connectivity index (χ0v) is 13.7. The van der Waals surface area contributed by atoms with Crippen LogP contribution in [-0.4, -0.2) is 48.0 Å². The molecule has 1 amide bonds. The lowest BCUT2D eigenvalue weighted by Crippen LogP contribution is -2.38. The van der Waals surface area contributed by atoms with E-state index in [0.29, 0.717) is 18.8 Å². The maximum absolute atomic E-state index is 12.7. The molecule has 1 aromatic heterocycles. The number of nitrogens with zero attached hydrogens (tertiary/aromatic N) is 4. The Labute approximate surface area is 125 Å². The van der Waals surface area contributed by atoms with Gasteiger partial charge in [-0.05, 0) is 13.3 Å². The summed E-state index contributed by atoms with van der Waals surface area (Å²) in [6.45, 7) is 6.66. The molecular weight excluding hydrogens is 268 g/mol. The van der Waals surface area contributed by atoms with E-state index < -0.39 is 6.04 Å². The summed E-state index contributed by atoms with van der Waals surface area (Å²) in [5, 5.41) is 0. The molecule has 1 unspecified atom stereocenters. The Morgan fingerprint density at radius 1 is 1.43 bits per heavy atom. The van der Waals surface area contributed by atoms with Crippen LogP contribution in [0.2, 0.25) is 0 Å². The lowest BCUT2D eigenvalue weighted by atomic mass is 9.87. The van der Waals surface area contributed by atoms with Crippen molar-refractivity contribution in [3.8, 4) is 0 Å². The van der Waals surface area contributed by atoms with Gasteiger partial charge in [0.1, 0.15) is 6.04 Å². The minimum absolute atomic E-state index is 0.0117. The van der Waals surface area contributed by atoms with Crippen LogP contribution in [-0.2, 0) is 10.2 Å². The van der Waals surface area contributed by atoms with Crippen LogP contribution in [0.3, 0.4) is 0 Å². The number of hydrogen-bond donors (Lipinski definition) is 0. The van der Waals surface area contributed by atoms with E-state index in [1.807, 2.05) is 6.92 Å². The Balaban J connectivity index is 2.61. The van der Waals surface area contributed by atoms with Gasteiger partial charge in [0.05, 0.1) is 0 Å². The molecule has 1 aliphatic rings. The molecule has 1 atom stereocenters. The topological polar surface area (TPSA) is 58.4 Å². The second kappa shape index (κ2) is 5.16. The van der Waals surface area contributed by atoms with E-state index in [1.54, 1.807) is 41.7 Å². The molecular formula is C15H24N4O2. The highest BCUT2D eigenvalue weighted by molar-refractivity contribution is 5.81. The number of carbonyl (C=O) groups excluding carboxylic acids is 1. The summed E-state index contributed by atoms with van der Waals surface area (Å²) in [7, 11) is 5.34. The van der Waals surface area contributed by atoms with E-state index in [1.165, 1.54) is 0 Å². The highest BCUT2D eigenvalue weighted by Gasteiger charge is 2.42. The van der Waals surface area contributed by atoms with Crippen molar-refractivity contribution in [2.75, 3.05) is 32.6 Å². The predicted octanol–water partition coefficient (Wildman–Crippen LogP) is 1.01. The third kappa shape index (κ3) is 2.43. The number of hydrogen-bond acceptors (Lipinski definition) is 4. The molecule has 6 nitrogen and oxygen atoms in total. The molecule has 0 aliphatic carbocycles. The van der Waals surface area contributed by atoms with E-state index in [9.17, 15) is 9.59 Å². The standard InChI is InChI=1S/C15H24N4O2/c1-7-18(6)13(20)10-8-15(2,3)11-9-16-12(17(4)5)14(21)19(10)11/h9-10H,7-8H2,1-6H3. The smallest absolute Gasteiger partial charge is 0.294 e. The lowest BCUT2D eigenvalue weighted by Gasteiger charge is -2.22. The Morgan fingerprint density at radius 2 is 2.05 bits per heavy atom. The summed E-state index contributed by atoms with van der Waals surface area (Å²) in [6.07, 6.45) is 2.36. The number of carbonyl (C=O) groups is 1. The van der Waals surface area contributed by atoms with Crippen LogP contribution in [0.1, 0.15) is 38.9 Å². The number of aromatic nitrogens is 2. The number of anilines is 1. The Bertz CT molecular complexity index is 619. The molecule has 0 radical (unpaired) electrons. The summed E-state index contributed by atoms with van der Waals surface area (Å²) < 4.78 is 1.64. The van der Waals surface area contributed by atoms with Gasteiger partial charge in [0, 0.05) is 45.0 Å². The average molecular weight is 292 g/mol. The molecule has 1 aromatic rings. The van der Waals surface area contributed by atoms with Crippen LogP contribution >= 0.6 is 0 Å². The van der Waals surface area contributed by atoms with Gasteiger partial charge >= 0.3 is 0 Å². The molecule has 0 bridgehead atoms. The monoisotopic (exact) mass is 292 g/mol. The molecule has 2 rings (SSSR count). The highest BCUT2D eigenvalue weighted by atomic mass is 16.2. The summed E-state index contributed by atoms with van der Waals surface area (Å²) in [5.41, 5.74) is 0.415. The number of rotatable bonds is 3. The van der Waals surface area contributed by atoms with E-state index in [0.717, 1.165) is 5.69 Å². The van der Waals surface area contributed by atoms with Gasteiger partial charge in [0.15, 0.2) is 5.82 Å². The van der Waals surface area contributed by atoms with E-state index in [4.69, 9.17) is 0 Å². The van der Waals surface area contributed by atoms with Gasteiger partial charge in [0.25, 0.3) is 5.56 Å². The fourth-order valence-electron chi connectivity index (χ4n) is 2.86. The highest BCUT2D eigenvalue weighted by Crippen LogP contribution is 2.40. The van der Waals surface area contributed by atoms with Crippen LogP contribution in [0.15, 0.2) is 11.0 Å². The van der Waals surface area contributed by atoms with Crippen molar-refractivity contribution in [3.05, 3.63) is 22.2 Å². The van der Waals surface area contributed by atoms with Gasteiger partial charge in [-0.25, -0.2) is 4.98 Å². The van der Waals surface area contributed by atoms with Crippen molar-refractivity contribution in [2.24, 2.45) is 0 Å². The first kappa shape index (κ1) is 15.5. The molecule has 2 heterocycles. The minimum Gasteiger partial charge on any atom is -0.358 e. The van der Waals surface area contributed by atoms with E-state index >= 15 is 0 Å². The molecule has 0 spiro atoms. The first-order chi connectivity index (χ1) is 9.70. The van der Waals surface area contributed by atoms with E-state index in [2.05, 4.69) is 18.8 Å². The molecule has 0 saturated carbocycles. The first-order valence-corrected chi connectivity index (χ1v) is 7.25. The van der Waals surface area contributed by atoms with Crippen molar-refractivity contribution in [1.82, 2.24) is 14.5 Å². The van der Waals surface area contributed by atoms with Gasteiger partial charge < -0.3 is 9.80 Å². The minimum atomic E-state index is -0.436. The van der Waals surface area contributed by atoms with Gasteiger partial charge in [-0.2, -0.15) is 0 Å². The molecule has 116 valence electrons. The van der Waals surface area contributed by atoms with Crippen LogP contribution in [0, 0.1) is 0 Å². The van der Waals surface area contributed by atoms with Crippen LogP contribution in [0.5, 0.6) is 0 Å². The third-order valence-electron chi connectivity index (χ3n) is 4.25. The number of fused-ring (bicyclic) bond motifs is 1. The van der Waals surface area contributed by atoms with Gasteiger partial charge in [-0.1, -0.05) is 13.8 Å². The summed E-state index contributed by atoms with van der Waals surface area (Å²) in [4.78, 5) is 32.9. The van der Waals surface area contributed by atoms with Gasteiger partial charge in [-0.3, -0.25) is 14.2 Å². The van der Waals surface area contributed by atoms with Crippen molar-refractivity contribution < 1.29 is 4.79 Å². The Kier molecular flexibility index (Phi) is 3.82. The second-order valence-corrected chi connectivity index (χ2v) is 6.49. The van der Waals surface area contributed by atoms with Crippen molar-refractivity contribution in [3.63, 3.8) is 0 Å². The number of amides is 1. The van der Waals surface area contributed by atoms with Gasteiger partial charge in [0.2, 0.25) is 5.91 Å². The van der Waals surface area contributed by atoms with Crippen molar-refractivity contribution in [2.45, 2.75) is 38.6 Å². The summed E-state index contributed by atoms with van der Waals surface area (Å²) in [5.74, 6) is 0.357. The van der Waals surface area contributed by atoms with Crippen LogP contribution < -0.4 is 10.5 Å². The zero-order chi connectivity index (χ0) is 15.9. The van der Waals surface area contributed by atoms with Crippen LogP contribution in [0.4, 0.5) is 5.82 Å². The maximum Gasteiger partial charge on any atom is 0.294 e. The quantitative estimate of drug-likeness (QED) is 0.834. The molecule has 0 fully saturated rings. The zero-order valence-electron chi connectivity index (χ0n) is 13.7. The molecule has 0 N–H and O–H groups in total. The number of likely N-dealkylation sites (N-methyl/N-ethyl adjacent to an activating group) is 1. The van der Waals surface area contributed by atoms with E-state index in [-0.39, 0.29) is 16.9 Å². The van der Waals surface area contributed by atoms with Crippen molar-refractivity contribution >= 4 is 11.7 Å². The molecule has 0 aromatic carbocycles. The predicted molar refractivity (Wildman–Crippen MR) is 82.8 cm³/mol. The Morgan fingerprint density at radius 3 is 2.57 bits per heavy atom. The van der Waals surface area contributed by atoms with Gasteiger partial charge in [-0.15, -0.1) is 0 Å². The SMILES string of the molecule is CCN(C)C(=O)C1CC(C)(C)c2cnc(N(C)C)c(=O)n21. The normalized spacial score (nSPS) is 19.2. The largest absolute Gasteiger partial charge is 0.358 e. The molecule has 1 aliphatic heterocycles. The fourth-order valence-corrected chi connectivity index (χ4v) is 2.86. The maximum atomic E-state index is 12.7. The van der Waals surface area contributed by atoms with Crippen molar-refractivity contribution in [1.29, 1.82) is 0 Å². The first-order valence-electron chi connectivity index (χ1n) is 7.25.